The highest BCUT2D eigenvalue weighted by molar-refractivity contribution is 5.83. The van der Waals surface area contributed by atoms with Crippen molar-refractivity contribution in [1.82, 2.24) is 0 Å². The van der Waals surface area contributed by atoms with E-state index in [9.17, 15) is 19.2 Å². The number of fused-ring (bicyclic) bond motifs is 3. The average molecular weight is 460 g/mol. The Morgan fingerprint density at radius 2 is 1.58 bits per heavy atom. The molecule has 1 aromatic heterocycles. The minimum absolute atomic E-state index is 0.157. The molecule has 10 nitrogen and oxygen atoms in total. The van der Waals surface area contributed by atoms with E-state index in [0.717, 1.165) is 23.8 Å². The third-order valence-corrected chi connectivity index (χ3v) is 5.50. The van der Waals surface area contributed by atoms with Gasteiger partial charge in [-0.15, -0.1) is 0 Å². The smallest absolute Gasteiger partial charge is 0.339 e. The topological polar surface area (TPSA) is 128 Å². The molecule has 0 amide bonds. The van der Waals surface area contributed by atoms with Crippen LogP contribution >= 0.6 is 0 Å². The predicted octanol–water partition coefficient (Wildman–Crippen LogP) is 1.81. The van der Waals surface area contributed by atoms with Gasteiger partial charge in [0.05, 0.1) is 6.61 Å². The van der Waals surface area contributed by atoms with Gasteiger partial charge in [0.1, 0.15) is 11.3 Å². The minimum Gasteiger partial charge on any atom is -0.461 e. The van der Waals surface area contributed by atoms with E-state index < -0.39 is 42.5 Å². The number of ether oxygens (including phenoxy) is 5. The Morgan fingerprint density at radius 3 is 2.27 bits per heavy atom. The SMILES string of the molecule is CC(=O)O[C@@H]1[C@H](Oc2ccc3c4c(c(=O)oc3c2)CCC4)OC[C@@H](OC(C)=O)[C@H]1OC(C)=O. The molecule has 2 aliphatic rings. The molecule has 2 aromatic rings. The molecular weight excluding hydrogens is 436 g/mol. The maximum Gasteiger partial charge on any atom is 0.339 e. The maximum atomic E-state index is 12.3. The molecule has 4 atom stereocenters. The first-order valence-corrected chi connectivity index (χ1v) is 10.6. The zero-order valence-corrected chi connectivity index (χ0v) is 18.5. The Bertz CT molecular complexity index is 1150. The monoisotopic (exact) mass is 460 g/mol. The molecule has 1 aromatic carbocycles. The van der Waals surface area contributed by atoms with Crippen LogP contribution in [0.5, 0.6) is 5.75 Å². The Labute approximate surface area is 188 Å². The zero-order chi connectivity index (χ0) is 23.7. The van der Waals surface area contributed by atoms with E-state index in [0.29, 0.717) is 23.3 Å². The van der Waals surface area contributed by atoms with Crippen molar-refractivity contribution >= 4 is 28.9 Å². The fourth-order valence-electron chi connectivity index (χ4n) is 4.28. The summed E-state index contributed by atoms with van der Waals surface area (Å²) >= 11 is 0. The van der Waals surface area contributed by atoms with Crippen molar-refractivity contribution in [2.24, 2.45) is 0 Å². The van der Waals surface area contributed by atoms with Gasteiger partial charge in [-0.1, -0.05) is 0 Å². The number of hydrogen-bond acceptors (Lipinski definition) is 10. The van der Waals surface area contributed by atoms with Gasteiger partial charge in [-0.05, 0) is 37.0 Å². The Kier molecular flexibility index (Phi) is 6.37. The first kappa shape index (κ1) is 22.8. The summed E-state index contributed by atoms with van der Waals surface area (Å²) in [5.41, 5.74) is 1.70. The highest BCUT2D eigenvalue weighted by atomic mass is 16.7. The van der Waals surface area contributed by atoms with E-state index >= 15 is 0 Å². The Hall–Kier alpha value is -3.40. The van der Waals surface area contributed by atoms with Gasteiger partial charge in [-0.25, -0.2) is 4.79 Å². The van der Waals surface area contributed by atoms with Crippen molar-refractivity contribution in [3.8, 4) is 5.75 Å². The highest BCUT2D eigenvalue weighted by Gasteiger charge is 2.48. The summed E-state index contributed by atoms with van der Waals surface area (Å²) in [4.78, 5) is 47.2. The molecule has 1 fully saturated rings. The molecule has 33 heavy (non-hydrogen) atoms. The molecule has 0 unspecified atom stereocenters. The van der Waals surface area contributed by atoms with Crippen LogP contribution in [0, 0.1) is 0 Å². The second-order valence-electron chi connectivity index (χ2n) is 7.97. The largest absolute Gasteiger partial charge is 0.461 e. The van der Waals surface area contributed by atoms with E-state index in [1.165, 1.54) is 20.8 Å². The number of esters is 3. The van der Waals surface area contributed by atoms with E-state index in [-0.39, 0.29) is 12.2 Å². The van der Waals surface area contributed by atoms with Crippen LogP contribution in [0.4, 0.5) is 0 Å². The van der Waals surface area contributed by atoms with Crippen LogP contribution in [-0.2, 0) is 46.2 Å². The van der Waals surface area contributed by atoms with Crippen molar-refractivity contribution in [2.45, 2.75) is 64.6 Å². The fraction of sp³-hybridized carbons (Fsp3) is 0.478. The number of rotatable bonds is 5. The lowest BCUT2D eigenvalue weighted by atomic mass is 10.0. The van der Waals surface area contributed by atoms with Gasteiger partial charge in [0.15, 0.2) is 12.2 Å². The summed E-state index contributed by atoms with van der Waals surface area (Å²) in [6.45, 7) is 3.41. The summed E-state index contributed by atoms with van der Waals surface area (Å²) in [5, 5.41) is 0.836. The first-order chi connectivity index (χ1) is 15.7. The molecule has 176 valence electrons. The van der Waals surface area contributed by atoms with Crippen LogP contribution in [0.15, 0.2) is 27.4 Å². The number of carbonyl (C=O) groups is 3. The molecule has 0 spiro atoms. The van der Waals surface area contributed by atoms with Crippen LogP contribution in [0.1, 0.15) is 38.3 Å². The van der Waals surface area contributed by atoms with E-state index in [1.54, 1.807) is 18.2 Å². The van der Waals surface area contributed by atoms with Crippen molar-refractivity contribution < 1.29 is 42.5 Å². The third kappa shape index (κ3) is 4.85. The van der Waals surface area contributed by atoms with Crippen molar-refractivity contribution in [3.63, 3.8) is 0 Å². The average Bonchev–Trinajstić information content (AvgIpc) is 3.22. The molecule has 4 rings (SSSR count). The summed E-state index contributed by atoms with van der Waals surface area (Å²) in [7, 11) is 0. The predicted molar refractivity (Wildman–Crippen MR) is 112 cm³/mol. The molecule has 2 heterocycles. The van der Waals surface area contributed by atoms with Crippen LogP contribution in [0.25, 0.3) is 11.0 Å². The van der Waals surface area contributed by atoms with Crippen molar-refractivity contribution in [1.29, 1.82) is 0 Å². The second kappa shape index (κ2) is 9.22. The van der Waals surface area contributed by atoms with E-state index in [4.69, 9.17) is 28.1 Å². The standard InChI is InChI=1S/C23H24O10/c1-11(24)29-19-10-28-23(21(31-13(3)26)20(19)30-12(2)25)32-14-7-8-16-15-5-4-6-17(15)22(27)33-18(16)9-14/h7-9,19-21,23H,4-6,10H2,1-3H3/t19-,20-,21+,23+/m1/s1. The van der Waals surface area contributed by atoms with E-state index in [2.05, 4.69) is 0 Å². The van der Waals surface area contributed by atoms with Crippen LogP contribution < -0.4 is 10.4 Å². The molecule has 1 saturated heterocycles. The van der Waals surface area contributed by atoms with Gasteiger partial charge in [-0.3, -0.25) is 14.4 Å². The third-order valence-electron chi connectivity index (χ3n) is 5.50. The number of aryl methyl sites for hydroxylation is 1. The van der Waals surface area contributed by atoms with Crippen LogP contribution in [0.3, 0.4) is 0 Å². The normalized spacial score (nSPS) is 24.1. The molecule has 0 saturated carbocycles. The summed E-state index contributed by atoms with van der Waals surface area (Å²) in [5.74, 6) is -1.65. The van der Waals surface area contributed by atoms with Gasteiger partial charge in [-0.2, -0.15) is 0 Å². The van der Waals surface area contributed by atoms with Crippen LogP contribution in [0.2, 0.25) is 0 Å². The van der Waals surface area contributed by atoms with Gasteiger partial charge >= 0.3 is 23.5 Å². The molecular formula is C23H24O10. The molecule has 1 aliphatic heterocycles. The summed E-state index contributed by atoms with van der Waals surface area (Å²) in [6.07, 6.45) is -2.12. The van der Waals surface area contributed by atoms with Gasteiger partial charge in [0.25, 0.3) is 0 Å². The highest BCUT2D eigenvalue weighted by Crippen LogP contribution is 2.32. The summed E-state index contributed by atoms with van der Waals surface area (Å²) in [6, 6.07) is 5.04. The molecule has 10 heteroatoms. The van der Waals surface area contributed by atoms with Crippen molar-refractivity contribution in [2.75, 3.05) is 6.61 Å². The van der Waals surface area contributed by atoms with Crippen LogP contribution in [-0.4, -0.2) is 49.1 Å². The van der Waals surface area contributed by atoms with Gasteiger partial charge in [0.2, 0.25) is 12.4 Å². The Morgan fingerprint density at radius 1 is 0.909 bits per heavy atom. The fourth-order valence-corrected chi connectivity index (χ4v) is 4.28. The number of carbonyl (C=O) groups excluding carboxylic acids is 3. The maximum absolute atomic E-state index is 12.3. The molecule has 0 bridgehead atoms. The zero-order valence-electron chi connectivity index (χ0n) is 18.5. The number of benzene rings is 1. The molecule has 0 N–H and O–H groups in total. The second-order valence-corrected chi connectivity index (χ2v) is 7.97. The first-order valence-electron chi connectivity index (χ1n) is 10.6. The van der Waals surface area contributed by atoms with Crippen molar-refractivity contribution in [3.05, 3.63) is 39.7 Å². The lowest BCUT2D eigenvalue weighted by molar-refractivity contribution is -0.259. The van der Waals surface area contributed by atoms with Gasteiger partial charge < -0.3 is 28.1 Å². The quantitative estimate of drug-likeness (QED) is 0.370. The lowest BCUT2D eigenvalue weighted by Gasteiger charge is -2.40. The molecule has 0 radical (unpaired) electrons. The number of hydrogen-bond donors (Lipinski definition) is 0. The molecule has 1 aliphatic carbocycles. The summed E-state index contributed by atoms with van der Waals surface area (Å²) < 4.78 is 32.9. The van der Waals surface area contributed by atoms with Gasteiger partial charge in [0, 0.05) is 37.8 Å². The Balaban J connectivity index is 1.64. The van der Waals surface area contributed by atoms with E-state index in [1.807, 2.05) is 0 Å². The minimum atomic E-state index is -1.22. The lowest BCUT2D eigenvalue weighted by Crippen LogP contribution is -2.59.